The molecule has 1 unspecified atom stereocenters. The molecule has 2 aromatic heterocycles. The lowest BCUT2D eigenvalue weighted by molar-refractivity contribution is 0.0670. The second kappa shape index (κ2) is 7.45. The molecule has 0 saturated carbocycles. The third-order valence-electron chi connectivity index (χ3n) is 4.39. The molecule has 1 aliphatic heterocycles. The standard InChI is InChI=1S/C19H28N4O/c1-19(2,3)18-11-16(21-22-18)13-23(14-17-8-6-10-24-17)12-15-7-4-5-9-20-15/h4-5,7,9,11,17H,6,8,10,12-14H2,1-3H3,(H,21,22). The predicted molar refractivity (Wildman–Crippen MR) is 94.6 cm³/mol. The molecule has 3 heterocycles. The smallest absolute Gasteiger partial charge is 0.0703 e. The molecule has 0 spiro atoms. The van der Waals surface area contributed by atoms with Gasteiger partial charge in [0.1, 0.15) is 0 Å². The summed E-state index contributed by atoms with van der Waals surface area (Å²) in [5.41, 5.74) is 3.40. The molecule has 0 bridgehead atoms. The first-order chi connectivity index (χ1) is 11.5. The number of H-pyrrole nitrogens is 1. The Kier molecular flexibility index (Phi) is 5.31. The molecule has 0 radical (unpaired) electrons. The summed E-state index contributed by atoms with van der Waals surface area (Å²) in [4.78, 5) is 6.87. The zero-order valence-electron chi connectivity index (χ0n) is 15.0. The summed E-state index contributed by atoms with van der Waals surface area (Å²) in [7, 11) is 0. The number of nitrogens with one attached hydrogen (secondary N) is 1. The number of ether oxygens (including phenoxy) is 1. The van der Waals surface area contributed by atoms with Crippen molar-refractivity contribution in [2.45, 2.75) is 58.2 Å². The number of pyridine rings is 1. The third kappa shape index (κ3) is 4.65. The van der Waals surface area contributed by atoms with E-state index in [4.69, 9.17) is 4.74 Å². The number of aromatic nitrogens is 3. The average molecular weight is 328 g/mol. The highest BCUT2D eigenvalue weighted by Crippen LogP contribution is 2.22. The topological polar surface area (TPSA) is 54.0 Å². The Bertz CT molecular complexity index is 626. The van der Waals surface area contributed by atoms with Crippen LogP contribution in [-0.2, 0) is 23.2 Å². The summed E-state index contributed by atoms with van der Waals surface area (Å²) in [6.07, 6.45) is 4.50. The van der Waals surface area contributed by atoms with Crippen molar-refractivity contribution in [3.8, 4) is 0 Å². The molecule has 2 aromatic rings. The maximum Gasteiger partial charge on any atom is 0.0703 e. The van der Waals surface area contributed by atoms with Crippen LogP contribution in [0, 0.1) is 0 Å². The minimum atomic E-state index is 0.0646. The molecule has 130 valence electrons. The fourth-order valence-electron chi connectivity index (χ4n) is 3.05. The van der Waals surface area contributed by atoms with E-state index in [2.05, 4.69) is 53.0 Å². The molecule has 0 amide bonds. The molecule has 0 aliphatic carbocycles. The van der Waals surface area contributed by atoms with Crippen LogP contribution in [0.1, 0.15) is 50.7 Å². The SMILES string of the molecule is CC(C)(C)c1cc(CN(Cc2ccccn2)CC2CCCO2)[nH]n1. The monoisotopic (exact) mass is 328 g/mol. The van der Waals surface area contributed by atoms with Gasteiger partial charge in [0.2, 0.25) is 0 Å². The van der Waals surface area contributed by atoms with Gasteiger partial charge in [0, 0.05) is 43.5 Å². The molecular formula is C19H28N4O. The van der Waals surface area contributed by atoms with Gasteiger partial charge < -0.3 is 4.74 Å². The van der Waals surface area contributed by atoms with Gasteiger partial charge in [-0.15, -0.1) is 0 Å². The van der Waals surface area contributed by atoms with Crippen molar-refractivity contribution in [1.29, 1.82) is 0 Å². The minimum Gasteiger partial charge on any atom is -0.377 e. The molecule has 1 saturated heterocycles. The lowest BCUT2D eigenvalue weighted by Gasteiger charge is -2.24. The van der Waals surface area contributed by atoms with E-state index in [1.54, 1.807) is 0 Å². The highest BCUT2D eigenvalue weighted by molar-refractivity contribution is 5.16. The van der Waals surface area contributed by atoms with Crippen LogP contribution in [0.15, 0.2) is 30.5 Å². The van der Waals surface area contributed by atoms with Crippen LogP contribution >= 0.6 is 0 Å². The molecule has 1 aliphatic rings. The zero-order valence-corrected chi connectivity index (χ0v) is 15.0. The van der Waals surface area contributed by atoms with E-state index in [0.29, 0.717) is 6.10 Å². The Balaban J connectivity index is 1.70. The van der Waals surface area contributed by atoms with Crippen LogP contribution in [0.25, 0.3) is 0 Å². The fourth-order valence-corrected chi connectivity index (χ4v) is 3.05. The van der Waals surface area contributed by atoms with Crippen LogP contribution in [0.2, 0.25) is 0 Å². The summed E-state index contributed by atoms with van der Waals surface area (Å²) < 4.78 is 5.83. The summed E-state index contributed by atoms with van der Waals surface area (Å²) >= 11 is 0. The predicted octanol–water partition coefficient (Wildman–Crippen LogP) is 3.28. The number of rotatable bonds is 6. The number of hydrogen-bond acceptors (Lipinski definition) is 4. The first-order valence-electron chi connectivity index (χ1n) is 8.79. The quantitative estimate of drug-likeness (QED) is 0.884. The normalized spacial score (nSPS) is 18.4. The van der Waals surface area contributed by atoms with Crippen molar-refractivity contribution >= 4 is 0 Å². The second-order valence-electron chi connectivity index (χ2n) is 7.65. The molecule has 1 atom stereocenters. The Morgan fingerprint density at radius 2 is 2.17 bits per heavy atom. The van der Waals surface area contributed by atoms with Crippen LogP contribution in [0.3, 0.4) is 0 Å². The molecule has 1 fully saturated rings. The lowest BCUT2D eigenvalue weighted by atomic mass is 9.92. The van der Waals surface area contributed by atoms with Crippen molar-refractivity contribution in [1.82, 2.24) is 20.1 Å². The lowest BCUT2D eigenvalue weighted by Crippen LogP contribution is -2.31. The Hall–Kier alpha value is -1.72. The summed E-state index contributed by atoms with van der Waals surface area (Å²) in [6.45, 7) is 10.0. The highest BCUT2D eigenvalue weighted by atomic mass is 16.5. The van der Waals surface area contributed by atoms with Crippen molar-refractivity contribution in [2.75, 3.05) is 13.2 Å². The van der Waals surface area contributed by atoms with Gasteiger partial charge in [0.15, 0.2) is 0 Å². The average Bonchev–Trinajstić information content (AvgIpc) is 3.19. The molecule has 5 nitrogen and oxygen atoms in total. The van der Waals surface area contributed by atoms with Crippen LogP contribution in [0.4, 0.5) is 0 Å². The number of aromatic amines is 1. The van der Waals surface area contributed by atoms with Crippen LogP contribution < -0.4 is 0 Å². The van der Waals surface area contributed by atoms with E-state index in [-0.39, 0.29) is 5.41 Å². The maximum absolute atomic E-state index is 5.83. The van der Waals surface area contributed by atoms with Crippen LogP contribution in [0.5, 0.6) is 0 Å². The number of nitrogens with zero attached hydrogens (tertiary/aromatic N) is 3. The van der Waals surface area contributed by atoms with Gasteiger partial charge in [-0.05, 0) is 31.0 Å². The molecular weight excluding hydrogens is 300 g/mol. The number of hydrogen-bond donors (Lipinski definition) is 1. The summed E-state index contributed by atoms with van der Waals surface area (Å²) in [6, 6.07) is 8.26. The van der Waals surface area contributed by atoms with Gasteiger partial charge in [0.25, 0.3) is 0 Å². The third-order valence-corrected chi connectivity index (χ3v) is 4.39. The summed E-state index contributed by atoms with van der Waals surface area (Å²) in [5.74, 6) is 0. The van der Waals surface area contributed by atoms with Gasteiger partial charge >= 0.3 is 0 Å². The molecule has 3 rings (SSSR count). The molecule has 24 heavy (non-hydrogen) atoms. The maximum atomic E-state index is 5.83. The Labute approximate surface area is 144 Å². The van der Waals surface area contributed by atoms with Crippen molar-refractivity contribution in [3.05, 3.63) is 47.5 Å². The Morgan fingerprint density at radius 1 is 1.29 bits per heavy atom. The zero-order chi connectivity index (χ0) is 17.0. The van der Waals surface area contributed by atoms with E-state index in [1.807, 2.05) is 18.3 Å². The van der Waals surface area contributed by atoms with Crippen molar-refractivity contribution in [3.63, 3.8) is 0 Å². The van der Waals surface area contributed by atoms with Gasteiger partial charge in [-0.2, -0.15) is 5.10 Å². The fraction of sp³-hybridized carbons (Fsp3) is 0.579. The molecule has 1 N–H and O–H groups in total. The van der Waals surface area contributed by atoms with Gasteiger partial charge in [0.05, 0.1) is 17.5 Å². The van der Waals surface area contributed by atoms with E-state index in [9.17, 15) is 0 Å². The van der Waals surface area contributed by atoms with Crippen LogP contribution in [-0.4, -0.2) is 39.3 Å². The van der Waals surface area contributed by atoms with Crippen molar-refractivity contribution in [2.24, 2.45) is 0 Å². The highest BCUT2D eigenvalue weighted by Gasteiger charge is 2.22. The van der Waals surface area contributed by atoms with Gasteiger partial charge in [-0.3, -0.25) is 15.0 Å². The van der Waals surface area contributed by atoms with E-state index in [0.717, 1.165) is 49.7 Å². The molecule has 5 heteroatoms. The van der Waals surface area contributed by atoms with E-state index in [1.165, 1.54) is 6.42 Å². The molecule has 0 aromatic carbocycles. The first-order valence-corrected chi connectivity index (χ1v) is 8.79. The van der Waals surface area contributed by atoms with E-state index < -0.39 is 0 Å². The second-order valence-corrected chi connectivity index (χ2v) is 7.65. The first kappa shape index (κ1) is 17.1. The Morgan fingerprint density at radius 3 is 2.79 bits per heavy atom. The van der Waals surface area contributed by atoms with Gasteiger partial charge in [-0.1, -0.05) is 26.8 Å². The van der Waals surface area contributed by atoms with Gasteiger partial charge in [-0.25, -0.2) is 0 Å². The largest absolute Gasteiger partial charge is 0.377 e. The van der Waals surface area contributed by atoms with E-state index >= 15 is 0 Å². The summed E-state index contributed by atoms with van der Waals surface area (Å²) in [5, 5.41) is 7.68. The van der Waals surface area contributed by atoms with Crippen molar-refractivity contribution < 1.29 is 4.74 Å². The minimum absolute atomic E-state index is 0.0646.